The molecular formula is C19H24IN5O2. The van der Waals surface area contributed by atoms with E-state index in [9.17, 15) is 4.79 Å². The fourth-order valence-corrected chi connectivity index (χ4v) is 2.73. The summed E-state index contributed by atoms with van der Waals surface area (Å²) in [5.74, 6) is 0.794. The van der Waals surface area contributed by atoms with Crippen LogP contribution >= 0.6 is 24.0 Å². The number of amides is 1. The Morgan fingerprint density at radius 3 is 2.63 bits per heavy atom. The number of para-hydroxylation sites is 1. The maximum Gasteiger partial charge on any atom is 0.287 e. The van der Waals surface area contributed by atoms with Crippen LogP contribution in [0.3, 0.4) is 0 Å². The molecule has 0 saturated carbocycles. The Bertz CT molecular complexity index is 873. The standard InChI is InChI=1S/C19H23N5O2.HI/c1-20-19(23-11-10-21-18(25)17-7-4-12-26-17)22-9-8-14-13-24-16-6-3-2-5-15(14)16;/h2-7,12-13,24H,8-11H2,1H3,(H,21,25)(H2,20,22,23);1H. The van der Waals surface area contributed by atoms with E-state index >= 15 is 0 Å². The molecule has 2 heterocycles. The number of nitrogens with one attached hydrogen (secondary N) is 4. The molecule has 1 amide bonds. The summed E-state index contributed by atoms with van der Waals surface area (Å²) in [7, 11) is 1.72. The second-order valence-electron chi connectivity index (χ2n) is 5.77. The van der Waals surface area contributed by atoms with Crippen molar-refractivity contribution in [2.45, 2.75) is 6.42 Å². The number of carbonyl (C=O) groups excluding carboxylic acids is 1. The Labute approximate surface area is 175 Å². The van der Waals surface area contributed by atoms with Gasteiger partial charge in [0.1, 0.15) is 0 Å². The second-order valence-corrected chi connectivity index (χ2v) is 5.77. The Kier molecular flexibility index (Phi) is 8.18. The highest BCUT2D eigenvalue weighted by Gasteiger charge is 2.07. The number of benzene rings is 1. The molecule has 0 atom stereocenters. The van der Waals surface area contributed by atoms with Gasteiger partial charge in [0.05, 0.1) is 6.26 Å². The SMILES string of the molecule is CN=C(NCCNC(=O)c1ccco1)NCCc1c[nH]c2ccccc12.I. The minimum Gasteiger partial charge on any atom is -0.459 e. The fourth-order valence-electron chi connectivity index (χ4n) is 2.73. The summed E-state index contributed by atoms with van der Waals surface area (Å²) in [5.41, 5.74) is 2.42. The highest BCUT2D eigenvalue weighted by Crippen LogP contribution is 2.17. The third-order valence-electron chi connectivity index (χ3n) is 4.03. The Balaban J connectivity index is 0.00000261. The highest BCUT2D eigenvalue weighted by molar-refractivity contribution is 14.0. The second kappa shape index (κ2) is 10.6. The molecule has 0 aliphatic carbocycles. The van der Waals surface area contributed by atoms with Crippen molar-refractivity contribution in [1.29, 1.82) is 0 Å². The lowest BCUT2D eigenvalue weighted by Gasteiger charge is -2.12. The summed E-state index contributed by atoms with van der Waals surface area (Å²) in [4.78, 5) is 19.2. The maximum absolute atomic E-state index is 11.7. The normalized spacial score (nSPS) is 11.1. The smallest absolute Gasteiger partial charge is 0.287 e. The van der Waals surface area contributed by atoms with E-state index in [-0.39, 0.29) is 29.9 Å². The molecule has 0 fully saturated rings. The van der Waals surface area contributed by atoms with E-state index in [1.54, 1.807) is 19.2 Å². The number of hydrogen-bond acceptors (Lipinski definition) is 3. The van der Waals surface area contributed by atoms with Gasteiger partial charge in [-0.15, -0.1) is 24.0 Å². The maximum atomic E-state index is 11.7. The number of carbonyl (C=O) groups is 1. The Morgan fingerprint density at radius 1 is 1.07 bits per heavy atom. The number of halogens is 1. The molecular weight excluding hydrogens is 457 g/mol. The van der Waals surface area contributed by atoms with Crippen LogP contribution in [0.1, 0.15) is 16.1 Å². The minimum absolute atomic E-state index is 0. The molecule has 7 nitrogen and oxygen atoms in total. The number of aromatic nitrogens is 1. The van der Waals surface area contributed by atoms with E-state index in [4.69, 9.17) is 4.42 Å². The molecule has 0 radical (unpaired) electrons. The van der Waals surface area contributed by atoms with E-state index in [2.05, 4.69) is 38.1 Å². The van der Waals surface area contributed by atoms with Crippen LogP contribution in [0, 0.1) is 0 Å². The summed E-state index contributed by atoms with van der Waals surface area (Å²) >= 11 is 0. The van der Waals surface area contributed by atoms with E-state index < -0.39 is 0 Å². The first-order chi connectivity index (χ1) is 12.8. The first kappa shape index (κ1) is 20.8. The van der Waals surface area contributed by atoms with Gasteiger partial charge >= 0.3 is 0 Å². The minimum atomic E-state index is -0.223. The average Bonchev–Trinajstić information content (AvgIpc) is 3.34. The number of aliphatic imine (C=N–C) groups is 1. The van der Waals surface area contributed by atoms with Crippen molar-refractivity contribution in [3.05, 3.63) is 60.2 Å². The molecule has 0 saturated heterocycles. The average molecular weight is 481 g/mol. The molecule has 2 aromatic heterocycles. The van der Waals surface area contributed by atoms with Gasteiger partial charge in [0.15, 0.2) is 11.7 Å². The monoisotopic (exact) mass is 481 g/mol. The number of fused-ring (bicyclic) bond motifs is 1. The molecule has 3 rings (SSSR count). The Morgan fingerprint density at radius 2 is 1.85 bits per heavy atom. The number of nitrogens with zero attached hydrogens (tertiary/aromatic N) is 1. The molecule has 8 heteroatoms. The third-order valence-corrected chi connectivity index (χ3v) is 4.03. The van der Waals surface area contributed by atoms with Crippen molar-refractivity contribution in [1.82, 2.24) is 20.9 Å². The lowest BCUT2D eigenvalue weighted by Crippen LogP contribution is -2.42. The molecule has 1 aromatic carbocycles. The van der Waals surface area contributed by atoms with Crippen LogP contribution < -0.4 is 16.0 Å². The Hall–Kier alpha value is -2.49. The van der Waals surface area contributed by atoms with Gasteiger partial charge in [-0.2, -0.15) is 0 Å². The molecule has 0 aliphatic rings. The quantitative estimate of drug-likeness (QED) is 0.181. The highest BCUT2D eigenvalue weighted by atomic mass is 127. The molecule has 0 spiro atoms. The van der Waals surface area contributed by atoms with Crippen LogP contribution in [0.5, 0.6) is 0 Å². The molecule has 0 bridgehead atoms. The zero-order chi connectivity index (χ0) is 18.2. The molecule has 4 N–H and O–H groups in total. The van der Waals surface area contributed by atoms with E-state index in [1.165, 1.54) is 17.2 Å². The van der Waals surface area contributed by atoms with Crippen molar-refractivity contribution in [2.24, 2.45) is 4.99 Å². The van der Waals surface area contributed by atoms with Gasteiger partial charge in [0, 0.05) is 43.8 Å². The summed E-state index contributed by atoms with van der Waals surface area (Å²) in [6.45, 7) is 1.81. The third kappa shape index (κ3) is 5.75. The van der Waals surface area contributed by atoms with Crippen LogP contribution in [0.25, 0.3) is 10.9 Å². The van der Waals surface area contributed by atoms with Crippen molar-refractivity contribution < 1.29 is 9.21 Å². The van der Waals surface area contributed by atoms with Crippen molar-refractivity contribution in [2.75, 3.05) is 26.7 Å². The zero-order valence-corrected chi connectivity index (χ0v) is 17.4. The topological polar surface area (TPSA) is 94.4 Å². The molecule has 27 heavy (non-hydrogen) atoms. The van der Waals surface area contributed by atoms with Crippen LogP contribution in [-0.4, -0.2) is 43.5 Å². The predicted molar refractivity (Wildman–Crippen MR) is 118 cm³/mol. The van der Waals surface area contributed by atoms with Crippen LogP contribution in [0.2, 0.25) is 0 Å². The fraction of sp³-hybridized carbons (Fsp3) is 0.263. The van der Waals surface area contributed by atoms with Gasteiger partial charge < -0.3 is 25.4 Å². The first-order valence-electron chi connectivity index (χ1n) is 8.59. The number of aromatic amines is 1. The lowest BCUT2D eigenvalue weighted by molar-refractivity contribution is 0.0926. The number of hydrogen-bond donors (Lipinski definition) is 4. The van der Waals surface area contributed by atoms with E-state index in [1.807, 2.05) is 18.3 Å². The van der Waals surface area contributed by atoms with Gasteiger partial charge in [-0.25, -0.2) is 0 Å². The number of furan rings is 1. The summed E-state index contributed by atoms with van der Waals surface area (Å²) < 4.78 is 5.04. The van der Waals surface area contributed by atoms with Crippen molar-refractivity contribution >= 4 is 46.7 Å². The molecule has 0 aliphatic heterocycles. The number of H-pyrrole nitrogens is 1. The molecule has 0 unspecified atom stereocenters. The summed E-state index contributed by atoms with van der Waals surface area (Å²) in [6.07, 6.45) is 4.42. The summed E-state index contributed by atoms with van der Waals surface area (Å²) in [5, 5.41) is 10.5. The molecule has 144 valence electrons. The van der Waals surface area contributed by atoms with E-state index in [0.29, 0.717) is 24.8 Å². The summed E-state index contributed by atoms with van der Waals surface area (Å²) in [6, 6.07) is 11.6. The largest absolute Gasteiger partial charge is 0.459 e. The van der Waals surface area contributed by atoms with Gasteiger partial charge in [-0.1, -0.05) is 18.2 Å². The van der Waals surface area contributed by atoms with Gasteiger partial charge in [0.2, 0.25) is 0 Å². The van der Waals surface area contributed by atoms with E-state index in [0.717, 1.165) is 18.5 Å². The number of rotatable bonds is 7. The van der Waals surface area contributed by atoms with Crippen LogP contribution in [0.15, 0.2) is 58.3 Å². The van der Waals surface area contributed by atoms with Crippen molar-refractivity contribution in [3.63, 3.8) is 0 Å². The predicted octanol–water partition coefficient (Wildman–Crippen LogP) is 2.52. The van der Waals surface area contributed by atoms with Gasteiger partial charge in [-0.05, 0) is 30.2 Å². The van der Waals surface area contributed by atoms with Gasteiger partial charge in [-0.3, -0.25) is 9.79 Å². The number of guanidine groups is 1. The lowest BCUT2D eigenvalue weighted by atomic mass is 10.1. The van der Waals surface area contributed by atoms with Gasteiger partial charge in [0.25, 0.3) is 5.91 Å². The van der Waals surface area contributed by atoms with Crippen LogP contribution in [0.4, 0.5) is 0 Å². The molecule has 3 aromatic rings. The zero-order valence-electron chi connectivity index (χ0n) is 15.1. The first-order valence-corrected chi connectivity index (χ1v) is 8.59. The van der Waals surface area contributed by atoms with Crippen LogP contribution in [-0.2, 0) is 6.42 Å². The van der Waals surface area contributed by atoms with Crippen molar-refractivity contribution in [3.8, 4) is 0 Å².